The van der Waals surface area contributed by atoms with Crippen molar-refractivity contribution in [3.63, 3.8) is 0 Å². The molecule has 2 aromatic rings. The summed E-state index contributed by atoms with van der Waals surface area (Å²) in [6.07, 6.45) is 1.52. The van der Waals surface area contributed by atoms with E-state index in [9.17, 15) is 8.42 Å². The summed E-state index contributed by atoms with van der Waals surface area (Å²) in [4.78, 5) is 4.73. The molecular formula is C28H39Cl2N3O6S. The molecule has 0 bridgehead atoms. The lowest BCUT2D eigenvalue weighted by atomic mass is 10.0. The quantitative estimate of drug-likeness (QED) is 0.395. The molecule has 0 atom stereocenters. The lowest BCUT2D eigenvalue weighted by Crippen LogP contribution is -2.47. The molecule has 0 spiro atoms. The van der Waals surface area contributed by atoms with Crippen LogP contribution in [0.1, 0.15) is 39.7 Å². The molecular weight excluding hydrogens is 577 g/mol. The van der Waals surface area contributed by atoms with Crippen LogP contribution in [0.3, 0.4) is 0 Å². The molecule has 3 aliphatic rings. The number of nitrogens with one attached hydrogen (secondary N) is 1. The summed E-state index contributed by atoms with van der Waals surface area (Å²) in [5, 5.41) is 0.113. The van der Waals surface area contributed by atoms with Gasteiger partial charge in [0.2, 0.25) is 10.0 Å². The predicted molar refractivity (Wildman–Crippen MR) is 161 cm³/mol. The zero-order valence-corrected chi connectivity index (χ0v) is 25.9. The second-order valence-electron chi connectivity index (χ2n) is 11.2. The van der Waals surface area contributed by atoms with Crippen LogP contribution in [0.4, 0.5) is 11.4 Å². The summed E-state index contributed by atoms with van der Waals surface area (Å²) < 4.78 is 51.6. The average molecular weight is 617 g/mol. The minimum atomic E-state index is -3.47. The van der Waals surface area contributed by atoms with Gasteiger partial charge in [0, 0.05) is 61.9 Å². The molecule has 3 heterocycles. The van der Waals surface area contributed by atoms with Crippen LogP contribution >= 0.6 is 24.0 Å². The molecule has 1 N–H and O–H groups in total. The van der Waals surface area contributed by atoms with Gasteiger partial charge in [0.25, 0.3) is 0 Å². The topological polar surface area (TPSA) is 89.6 Å². The highest BCUT2D eigenvalue weighted by Crippen LogP contribution is 2.45. The van der Waals surface area contributed by atoms with Gasteiger partial charge in [-0.25, -0.2) is 8.42 Å². The van der Waals surface area contributed by atoms with Crippen molar-refractivity contribution in [2.75, 3.05) is 62.2 Å². The van der Waals surface area contributed by atoms with Crippen molar-refractivity contribution in [2.45, 2.75) is 51.4 Å². The SMILES string of the molecule is CC(C)S(=O)(=O)Nc1cc2c(c(OCCCN3CCN(c4cc(Cl)cc5c4OCCO5)CC3)c1)OC(C)(C)C2.Cl. The first-order valence-electron chi connectivity index (χ1n) is 13.6. The highest BCUT2D eigenvalue weighted by molar-refractivity contribution is 7.93. The zero-order chi connectivity index (χ0) is 27.8. The second kappa shape index (κ2) is 12.3. The summed E-state index contributed by atoms with van der Waals surface area (Å²) >= 11 is 6.34. The molecule has 0 radical (unpaired) electrons. The van der Waals surface area contributed by atoms with Crippen LogP contribution in [0, 0.1) is 0 Å². The fourth-order valence-electron chi connectivity index (χ4n) is 5.15. The highest BCUT2D eigenvalue weighted by Gasteiger charge is 2.34. The van der Waals surface area contributed by atoms with Gasteiger partial charge in [0.15, 0.2) is 23.0 Å². The Bertz CT molecular complexity index is 1310. The number of hydrogen-bond donors (Lipinski definition) is 1. The van der Waals surface area contributed by atoms with Crippen LogP contribution in [-0.2, 0) is 16.4 Å². The lowest BCUT2D eigenvalue weighted by Gasteiger charge is -2.37. The smallest absolute Gasteiger partial charge is 0.235 e. The maximum atomic E-state index is 12.5. The van der Waals surface area contributed by atoms with Gasteiger partial charge in [-0.2, -0.15) is 0 Å². The van der Waals surface area contributed by atoms with Crippen LogP contribution in [-0.4, -0.2) is 76.7 Å². The Morgan fingerprint density at radius 2 is 1.77 bits per heavy atom. The number of anilines is 2. The van der Waals surface area contributed by atoms with E-state index in [2.05, 4.69) is 14.5 Å². The number of halogens is 2. The number of hydrogen-bond acceptors (Lipinski definition) is 8. The Kier molecular flexibility index (Phi) is 9.44. The van der Waals surface area contributed by atoms with E-state index in [4.69, 9.17) is 30.5 Å². The lowest BCUT2D eigenvalue weighted by molar-refractivity contribution is 0.131. The number of ether oxygens (including phenoxy) is 4. The number of piperazine rings is 1. The summed E-state index contributed by atoms with van der Waals surface area (Å²) in [5.41, 5.74) is 2.08. The van der Waals surface area contributed by atoms with Crippen molar-refractivity contribution in [3.05, 3.63) is 34.9 Å². The molecule has 2 aromatic carbocycles. The minimum absolute atomic E-state index is 0. The summed E-state index contributed by atoms with van der Waals surface area (Å²) in [6, 6.07) is 7.35. The normalized spacial score (nSPS) is 18.1. The zero-order valence-electron chi connectivity index (χ0n) is 23.5. The van der Waals surface area contributed by atoms with Crippen molar-refractivity contribution >= 4 is 45.4 Å². The Balaban J connectivity index is 0.00000370. The van der Waals surface area contributed by atoms with Crippen LogP contribution in [0.5, 0.6) is 23.0 Å². The first-order chi connectivity index (χ1) is 18.5. The van der Waals surface area contributed by atoms with Crippen molar-refractivity contribution in [1.29, 1.82) is 0 Å². The summed E-state index contributed by atoms with van der Waals surface area (Å²) in [6.45, 7) is 13.4. The Morgan fingerprint density at radius 1 is 1.05 bits per heavy atom. The maximum absolute atomic E-state index is 12.5. The van der Waals surface area contributed by atoms with E-state index in [0.29, 0.717) is 54.2 Å². The fraction of sp³-hybridized carbons (Fsp3) is 0.571. The van der Waals surface area contributed by atoms with Gasteiger partial charge >= 0.3 is 0 Å². The minimum Gasteiger partial charge on any atom is -0.490 e. The summed E-state index contributed by atoms with van der Waals surface area (Å²) in [7, 11) is -3.47. The third kappa shape index (κ3) is 6.95. The van der Waals surface area contributed by atoms with Crippen LogP contribution in [0.25, 0.3) is 0 Å². The van der Waals surface area contributed by atoms with Gasteiger partial charge < -0.3 is 23.8 Å². The van der Waals surface area contributed by atoms with Crippen LogP contribution in [0.15, 0.2) is 24.3 Å². The predicted octanol–water partition coefficient (Wildman–Crippen LogP) is 4.99. The third-order valence-electron chi connectivity index (χ3n) is 7.18. The monoisotopic (exact) mass is 615 g/mol. The number of sulfonamides is 1. The van der Waals surface area contributed by atoms with E-state index in [1.54, 1.807) is 19.9 Å². The molecule has 0 saturated carbocycles. The van der Waals surface area contributed by atoms with Gasteiger partial charge in [-0.15, -0.1) is 12.4 Å². The Hall–Kier alpha value is -2.27. The van der Waals surface area contributed by atoms with Gasteiger partial charge in [-0.1, -0.05) is 11.6 Å². The molecule has 9 nitrogen and oxygen atoms in total. The van der Waals surface area contributed by atoms with Gasteiger partial charge in [-0.05, 0) is 46.2 Å². The molecule has 40 heavy (non-hydrogen) atoms. The molecule has 222 valence electrons. The third-order valence-corrected chi connectivity index (χ3v) is 9.16. The average Bonchev–Trinajstić information content (AvgIpc) is 3.20. The van der Waals surface area contributed by atoms with E-state index < -0.39 is 15.3 Å². The van der Waals surface area contributed by atoms with Gasteiger partial charge in [0.1, 0.15) is 18.8 Å². The van der Waals surface area contributed by atoms with E-state index >= 15 is 0 Å². The number of nitrogens with zero attached hydrogens (tertiary/aromatic N) is 2. The van der Waals surface area contributed by atoms with Crippen molar-refractivity contribution < 1.29 is 27.4 Å². The van der Waals surface area contributed by atoms with Gasteiger partial charge in [0.05, 0.1) is 23.2 Å². The maximum Gasteiger partial charge on any atom is 0.235 e. The van der Waals surface area contributed by atoms with E-state index in [-0.39, 0.29) is 18.0 Å². The highest BCUT2D eigenvalue weighted by atomic mass is 35.5. The number of rotatable bonds is 9. The molecule has 1 saturated heterocycles. The van der Waals surface area contributed by atoms with E-state index in [0.717, 1.165) is 56.1 Å². The second-order valence-corrected chi connectivity index (χ2v) is 13.9. The Labute approximate surface area is 248 Å². The first-order valence-corrected chi connectivity index (χ1v) is 15.5. The van der Waals surface area contributed by atoms with Gasteiger partial charge in [-0.3, -0.25) is 9.62 Å². The van der Waals surface area contributed by atoms with E-state index in [1.165, 1.54) is 0 Å². The van der Waals surface area contributed by atoms with Crippen LogP contribution < -0.4 is 28.6 Å². The largest absolute Gasteiger partial charge is 0.490 e. The van der Waals surface area contributed by atoms with E-state index in [1.807, 2.05) is 32.0 Å². The molecule has 12 heteroatoms. The van der Waals surface area contributed by atoms with Crippen LogP contribution in [0.2, 0.25) is 5.02 Å². The molecule has 0 amide bonds. The standard InChI is InChI=1S/C28H38ClN3O6S.ClH/c1-19(2)39(33,34)30-22-14-20-18-28(3,4)38-26(20)25(17-22)35-11-5-6-31-7-9-32(10-8-31)23-15-21(29)16-24-27(23)37-13-12-36-24;/h14-17,19,30H,5-13,18H2,1-4H3;1H. The van der Waals surface area contributed by atoms with Crippen molar-refractivity contribution in [1.82, 2.24) is 4.90 Å². The molecule has 3 aliphatic heterocycles. The molecule has 1 fully saturated rings. The first kappa shape index (κ1) is 30.7. The van der Waals surface area contributed by atoms with Crippen molar-refractivity contribution in [2.24, 2.45) is 0 Å². The molecule has 5 rings (SSSR count). The number of fused-ring (bicyclic) bond motifs is 2. The number of benzene rings is 2. The summed E-state index contributed by atoms with van der Waals surface area (Å²) in [5.74, 6) is 2.78. The molecule has 0 unspecified atom stereocenters. The molecule has 0 aromatic heterocycles. The Morgan fingerprint density at radius 3 is 2.50 bits per heavy atom. The fourth-order valence-corrected chi connectivity index (χ4v) is 6.03. The molecule has 0 aliphatic carbocycles. The van der Waals surface area contributed by atoms with Crippen molar-refractivity contribution in [3.8, 4) is 23.0 Å².